The molecule has 1 fully saturated rings. The number of hydrogen-bond donors (Lipinski definition) is 1. The van der Waals surface area contributed by atoms with Crippen LogP contribution in [0.25, 0.3) is 0 Å². The van der Waals surface area contributed by atoms with Crippen molar-refractivity contribution in [2.24, 2.45) is 0 Å². The highest BCUT2D eigenvalue weighted by Gasteiger charge is 2.17. The molecular weight excluding hydrogens is 220 g/mol. The van der Waals surface area contributed by atoms with E-state index in [9.17, 15) is 0 Å². The molecule has 1 aliphatic heterocycles. The van der Waals surface area contributed by atoms with Crippen molar-refractivity contribution in [3.05, 3.63) is 22.4 Å². The Morgan fingerprint density at radius 3 is 3.31 bits per heavy atom. The fourth-order valence-electron chi connectivity index (χ4n) is 1.94. The third kappa shape index (κ3) is 3.56. The van der Waals surface area contributed by atoms with E-state index in [0.29, 0.717) is 6.04 Å². The second-order valence-corrected chi connectivity index (χ2v) is 5.05. The molecule has 3 nitrogen and oxygen atoms in total. The summed E-state index contributed by atoms with van der Waals surface area (Å²) in [7, 11) is 0. The normalized spacial score (nSPS) is 22.4. The zero-order chi connectivity index (χ0) is 11.2. The lowest BCUT2D eigenvalue weighted by Crippen LogP contribution is -2.46. The van der Waals surface area contributed by atoms with Gasteiger partial charge in [-0.1, -0.05) is 0 Å². The lowest BCUT2D eigenvalue weighted by molar-refractivity contribution is 0.000406. The fourth-order valence-corrected chi connectivity index (χ4v) is 2.61. The highest BCUT2D eigenvalue weighted by molar-refractivity contribution is 7.07. The summed E-state index contributed by atoms with van der Waals surface area (Å²) in [6, 6.07) is 2.74. The maximum Gasteiger partial charge on any atom is 0.0619 e. The van der Waals surface area contributed by atoms with Crippen LogP contribution in [0, 0.1) is 0 Å². The van der Waals surface area contributed by atoms with E-state index in [4.69, 9.17) is 4.74 Å². The molecule has 0 radical (unpaired) electrons. The number of thiophene rings is 1. The minimum Gasteiger partial charge on any atom is -0.379 e. The van der Waals surface area contributed by atoms with Crippen LogP contribution in [0.15, 0.2) is 16.8 Å². The van der Waals surface area contributed by atoms with Gasteiger partial charge in [0.05, 0.1) is 13.2 Å². The maximum atomic E-state index is 5.42. The molecule has 0 aromatic carbocycles. The number of nitrogens with zero attached hydrogens (tertiary/aromatic N) is 1. The third-order valence-corrected chi connectivity index (χ3v) is 3.72. The van der Waals surface area contributed by atoms with Crippen LogP contribution >= 0.6 is 11.3 Å². The molecule has 1 aromatic heterocycles. The number of hydrogen-bond acceptors (Lipinski definition) is 4. The molecule has 1 atom stereocenters. The topological polar surface area (TPSA) is 24.5 Å². The fraction of sp³-hybridized carbons (Fsp3) is 0.667. The van der Waals surface area contributed by atoms with Crippen LogP contribution in [-0.2, 0) is 11.3 Å². The van der Waals surface area contributed by atoms with Gasteiger partial charge < -0.3 is 10.1 Å². The first kappa shape index (κ1) is 12.0. The van der Waals surface area contributed by atoms with Crippen molar-refractivity contribution in [3.8, 4) is 0 Å². The second kappa shape index (κ2) is 6.35. The van der Waals surface area contributed by atoms with E-state index < -0.39 is 0 Å². The van der Waals surface area contributed by atoms with Gasteiger partial charge in [0, 0.05) is 32.2 Å². The van der Waals surface area contributed by atoms with Crippen molar-refractivity contribution in [3.63, 3.8) is 0 Å². The Kier molecular flexibility index (Phi) is 4.78. The first-order chi connectivity index (χ1) is 7.86. The summed E-state index contributed by atoms with van der Waals surface area (Å²) < 4.78 is 5.42. The van der Waals surface area contributed by atoms with Crippen LogP contribution in [0.4, 0.5) is 0 Å². The molecule has 1 saturated heterocycles. The van der Waals surface area contributed by atoms with Gasteiger partial charge in [-0.2, -0.15) is 11.3 Å². The van der Waals surface area contributed by atoms with E-state index in [2.05, 4.69) is 34.0 Å². The van der Waals surface area contributed by atoms with Crippen molar-refractivity contribution in [1.82, 2.24) is 10.2 Å². The summed E-state index contributed by atoms with van der Waals surface area (Å²) in [5.41, 5.74) is 1.39. The SMILES string of the molecule is CC1COCCN1CCNCc1ccsc1. The summed E-state index contributed by atoms with van der Waals surface area (Å²) >= 11 is 1.76. The van der Waals surface area contributed by atoms with E-state index in [0.717, 1.165) is 39.4 Å². The van der Waals surface area contributed by atoms with Gasteiger partial charge in [0.2, 0.25) is 0 Å². The van der Waals surface area contributed by atoms with Crippen molar-refractivity contribution in [2.45, 2.75) is 19.5 Å². The van der Waals surface area contributed by atoms with E-state index in [1.807, 2.05) is 0 Å². The number of ether oxygens (including phenoxy) is 1. The average molecular weight is 240 g/mol. The Morgan fingerprint density at radius 1 is 1.62 bits per heavy atom. The summed E-state index contributed by atoms with van der Waals surface area (Å²) in [5, 5.41) is 7.80. The number of rotatable bonds is 5. The van der Waals surface area contributed by atoms with Gasteiger partial charge in [-0.25, -0.2) is 0 Å². The lowest BCUT2D eigenvalue weighted by atomic mass is 10.2. The molecule has 0 amide bonds. The Hall–Kier alpha value is -0.420. The minimum atomic E-state index is 0.566. The van der Waals surface area contributed by atoms with E-state index in [1.165, 1.54) is 5.56 Å². The molecule has 2 heterocycles. The highest BCUT2D eigenvalue weighted by atomic mass is 32.1. The Labute approximate surface area is 101 Å². The van der Waals surface area contributed by atoms with Gasteiger partial charge in [-0.05, 0) is 29.3 Å². The van der Waals surface area contributed by atoms with Gasteiger partial charge in [-0.3, -0.25) is 4.90 Å². The zero-order valence-corrected chi connectivity index (χ0v) is 10.6. The molecule has 1 unspecified atom stereocenters. The van der Waals surface area contributed by atoms with Crippen LogP contribution in [0.1, 0.15) is 12.5 Å². The first-order valence-corrected chi connectivity index (χ1v) is 6.84. The average Bonchev–Trinajstić information content (AvgIpc) is 2.79. The van der Waals surface area contributed by atoms with E-state index in [-0.39, 0.29) is 0 Å². The largest absolute Gasteiger partial charge is 0.379 e. The van der Waals surface area contributed by atoms with Crippen molar-refractivity contribution in [1.29, 1.82) is 0 Å². The predicted molar refractivity (Wildman–Crippen MR) is 67.9 cm³/mol. The second-order valence-electron chi connectivity index (χ2n) is 4.27. The summed E-state index contributed by atoms with van der Waals surface area (Å²) in [6.07, 6.45) is 0. The van der Waals surface area contributed by atoms with Crippen molar-refractivity contribution < 1.29 is 4.74 Å². The quantitative estimate of drug-likeness (QED) is 0.791. The highest BCUT2D eigenvalue weighted by Crippen LogP contribution is 2.06. The molecule has 1 aromatic rings. The zero-order valence-electron chi connectivity index (χ0n) is 9.82. The summed E-state index contributed by atoms with van der Waals surface area (Å²) in [4.78, 5) is 2.49. The van der Waals surface area contributed by atoms with E-state index >= 15 is 0 Å². The molecule has 0 spiro atoms. The first-order valence-electron chi connectivity index (χ1n) is 5.90. The Balaban J connectivity index is 1.60. The van der Waals surface area contributed by atoms with Crippen LogP contribution in [-0.4, -0.2) is 43.8 Å². The molecule has 90 valence electrons. The Bertz CT molecular complexity index is 289. The van der Waals surface area contributed by atoms with Gasteiger partial charge in [0.25, 0.3) is 0 Å². The molecule has 4 heteroatoms. The molecule has 0 bridgehead atoms. The van der Waals surface area contributed by atoms with Gasteiger partial charge in [0.15, 0.2) is 0 Å². The molecule has 0 saturated carbocycles. The van der Waals surface area contributed by atoms with Crippen LogP contribution < -0.4 is 5.32 Å². The van der Waals surface area contributed by atoms with Crippen molar-refractivity contribution in [2.75, 3.05) is 32.8 Å². The predicted octanol–water partition coefficient (Wildman–Crippen LogP) is 1.56. The van der Waals surface area contributed by atoms with Crippen molar-refractivity contribution >= 4 is 11.3 Å². The number of morpholine rings is 1. The van der Waals surface area contributed by atoms with Crippen LogP contribution in [0.3, 0.4) is 0 Å². The molecule has 1 aliphatic rings. The smallest absolute Gasteiger partial charge is 0.0619 e. The maximum absolute atomic E-state index is 5.42. The molecule has 2 rings (SSSR count). The van der Waals surface area contributed by atoms with Gasteiger partial charge >= 0.3 is 0 Å². The van der Waals surface area contributed by atoms with Gasteiger partial charge in [0.1, 0.15) is 0 Å². The molecule has 0 aliphatic carbocycles. The molecule has 16 heavy (non-hydrogen) atoms. The minimum absolute atomic E-state index is 0.566. The summed E-state index contributed by atoms with van der Waals surface area (Å²) in [6.45, 7) is 8.23. The summed E-state index contributed by atoms with van der Waals surface area (Å²) in [5.74, 6) is 0. The molecule has 1 N–H and O–H groups in total. The Morgan fingerprint density at radius 2 is 2.56 bits per heavy atom. The van der Waals surface area contributed by atoms with Crippen LogP contribution in [0.2, 0.25) is 0 Å². The third-order valence-electron chi connectivity index (χ3n) is 2.99. The standard InChI is InChI=1S/C12H20N2OS/c1-11-9-15-6-5-14(11)4-3-13-8-12-2-7-16-10-12/h2,7,10-11,13H,3-6,8-9H2,1H3. The van der Waals surface area contributed by atoms with Gasteiger partial charge in [-0.15, -0.1) is 0 Å². The number of nitrogens with one attached hydrogen (secondary N) is 1. The van der Waals surface area contributed by atoms with Crippen LogP contribution in [0.5, 0.6) is 0 Å². The molecular formula is C12H20N2OS. The monoisotopic (exact) mass is 240 g/mol. The van der Waals surface area contributed by atoms with E-state index in [1.54, 1.807) is 11.3 Å². The lowest BCUT2D eigenvalue weighted by Gasteiger charge is -2.33.